The van der Waals surface area contributed by atoms with E-state index in [4.69, 9.17) is 13.9 Å². The zero-order chi connectivity index (χ0) is 16.0. The van der Waals surface area contributed by atoms with E-state index in [0.717, 1.165) is 11.8 Å². The van der Waals surface area contributed by atoms with Crippen LogP contribution >= 0.6 is 0 Å². The lowest BCUT2D eigenvalue weighted by molar-refractivity contribution is 0.201. The Balaban J connectivity index is 1.71. The fourth-order valence-electron chi connectivity index (χ4n) is 4.10. The lowest BCUT2D eigenvalue weighted by Gasteiger charge is -2.34. The Morgan fingerprint density at radius 3 is 2.61 bits per heavy atom. The smallest absolute Gasteiger partial charge is 0.444 e. The minimum absolute atomic E-state index is 0.0609. The summed E-state index contributed by atoms with van der Waals surface area (Å²) in [6.45, 7) is 0. The van der Waals surface area contributed by atoms with E-state index in [-0.39, 0.29) is 6.08 Å². The van der Waals surface area contributed by atoms with Crippen LogP contribution in [-0.4, -0.2) is 24.0 Å². The van der Waals surface area contributed by atoms with E-state index in [1.807, 2.05) is 12.1 Å². The molecule has 1 heterocycles. The van der Waals surface area contributed by atoms with Crippen LogP contribution in [0, 0.1) is 11.8 Å². The summed E-state index contributed by atoms with van der Waals surface area (Å²) in [5.74, 6) is 2.38. The van der Waals surface area contributed by atoms with E-state index >= 15 is 0 Å². The molecule has 122 valence electrons. The third-order valence-electron chi connectivity index (χ3n) is 5.41. The molecule has 23 heavy (non-hydrogen) atoms. The number of hydrogen-bond acceptors (Lipinski definition) is 5. The summed E-state index contributed by atoms with van der Waals surface area (Å²) in [6, 6.07) is 5.99. The minimum atomic E-state index is -0.590. The Morgan fingerprint density at radius 2 is 2.00 bits per heavy atom. The Labute approximate surface area is 134 Å². The average Bonchev–Trinajstić information content (AvgIpc) is 3.06. The minimum Gasteiger partial charge on any atom is -0.494 e. The first-order valence-corrected chi connectivity index (χ1v) is 8.03. The van der Waals surface area contributed by atoms with Gasteiger partial charge in [-0.1, -0.05) is 11.2 Å². The van der Waals surface area contributed by atoms with Crippen molar-refractivity contribution in [3.05, 3.63) is 34.3 Å². The van der Waals surface area contributed by atoms with E-state index in [0.29, 0.717) is 17.4 Å². The molecule has 0 amide bonds. The number of benzene rings is 1. The van der Waals surface area contributed by atoms with Gasteiger partial charge in [0, 0.05) is 0 Å². The van der Waals surface area contributed by atoms with Gasteiger partial charge < -0.3 is 13.9 Å². The maximum atomic E-state index is 11.9. The van der Waals surface area contributed by atoms with Crippen LogP contribution in [0.2, 0.25) is 0 Å². The number of fused-ring (bicyclic) bond motifs is 1. The van der Waals surface area contributed by atoms with Crippen LogP contribution in [0.4, 0.5) is 0 Å². The van der Waals surface area contributed by atoms with Gasteiger partial charge in [-0.3, -0.25) is 0 Å². The van der Waals surface area contributed by atoms with Crippen LogP contribution in [0.5, 0.6) is 11.8 Å². The first-order chi connectivity index (χ1) is 11.2. The van der Waals surface area contributed by atoms with Gasteiger partial charge >= 0.3 is 11.8 Å². The van der Waals surface area contributed by atoms with Gasteiger partial charge in [-0.25, -0.2) is 4.79 Å². The number of hydrogen-bond donors (Lipinski definition) is 0. The summed E-state index contributed by atoms with van der Waals surface area (Å²) in [6.07, 6.45) is 5.23. The van der Waals surface area contributed by atoms with Crippen molar-refractivity contribution in [3.63, 3.8) is 0 Å². The number of rotatable bonds is 4. The van der Waals surface area contributed by atoms with E-state index < -0.39 is 5.76 Å². The highest BCUT2D eigenvalue weighted by Crippen LogP contribution is 2.54. The van der Waals surface area contributed by atoms with Gasteiger partial charge in [0.2, 0.25) is 0 Å². The predicted octanol–water partition coefficient (Wildman–Crippen LogP) is 2.75. The number of ether oxygens (including phenoxy) is 2. The molecule has 1 aromatic heterocycles. The van der Waals surface area contributed by atoms with Crippen molar-refractivity contribution in [1.82, 2.24) is 9.78 Å². The summed E-state index contributed by atoms with van der Waals surface area (Å²) in [5.41, 5.74) is 1.86. The summed E-state index contributed by atoms with van der Waals surface area (Å²) in [5, 5.41) is 4.01. The molecule has 3 atom stereocenters. The van der Waals surface area contributed by atoms with E-state index in [1.54, 1.807) is 7.11 Å². The Morgan fingerprint density at radius 1 is 1.17 bits per heavy atom. The van der Waals surface area contributed by atoms with Gasteiger partial charge in [-0.2, -0.15) is 4.68 Å². The van der Waals surface area contributed by atoms with Crippen molar-refractivity contribution in [1.29, 1.82) is 0 Å². The molecule has 2 aromatic rings. The van der Waals surface area contributed by atoms with Crippen LogP contribution in [0.1, 0.15) is 37.2 Å². The van der Waals surface area contributed by atoms with Gasteiger partial charge in [-0.15, -0.1) is 0 Å². The fourth-order valence-corrected chi connectivity index (χ4v) is 4.10. The van der Waals surface area contributed by atoms with Crippen molar-refractivity contribution in [2.45, 2.75) is 31.6 Å². The Kier molecular flexibility index (Phi) is 3.39. The maximum Gasteiger partial charge on any atom is 0.444 e. The molecule has 0 saturated heterocycles. The molecule has 2 aliphatic rings. The summed E-state index contributed by atoms with van der Waals surface area (Å²) < 4.78 is 16.4. The molecule has 0 radical (unpaired) electrons. The lowest BCUT2D eigenvalue weighted by Crippen LogP contribution is -2.24. The fraction of sp³-hybridized carbons (Fsp3) is 0.529. The van der Waals surface area contributed by atoms with E-state index in [2.05, 4.69) is 11.2 Å². The van der Waals surface area contributed by atoms with Crippen molar-refractivity contribution >= 4 is 0 Å². The molecule has 2 aliphatic carbocycles. The van der Waals surface area contributed by atoms with Crippen LogP contribution < -0.4 is 15.2 Å². The molecule has 6 heteroatoms. The normalized spacial score (nSPS) is 25.7. The lowest BCUT2D eigenvalue weighted by atomic mass is 9.71. The van der Waals surface area contributed by atoms with Gasteiger partial charge in [0.05, 0.1) is 14.2 Å². The first kappa shape index (κ1) is 14.4. The number of nitrogens with zero attached hydrogens (tertiary/aromatic N) is 2. The van der Waals surface area contributed by atoms with Crippen molar-refractivity contribution < 1.29 is 13.9 Å². The highest BCUT2D eigenvalue weighted by atomic mass is 16.6. The molecule has 0 N–H and O–H groups in total. The molecule has 0 bridgehead atoms. The third-order valence-corrected chi connectivity index (χ3v) is 5.41. The molecule has 6 nitrogen and oxygen atoms in total. The monoisotopic (exact) mass is 316 g/mol. The first-order valence-electron chi connectivity index (χ1n) is 8.03. The molecular formula is C17H20N2O4. The molecule has 0 spiro atoms. The predicted molar refractivity (Wildman–Crippen MR) is 83.4 cm³/mol. The quantitative estimate of drug-likeness (QED) is 0.867. The highest BCUT2D eigenvalue weighted by Gasteiger charge is 2.42. The molecule has 0 aliphatic heterocycles. The van der Waals surface area contributed by atoms with Gasteiger partial charge in [0.15, 0.2) is 0 Å². The Bertz CT molecular complexity index is 779. The average molecular weight is 316 g/mol. The highest BCUT2D eigenvalue weighted by molar-refractivity contribution is 5.49. The zero-order valence-electron chi connectivity index (χ0n) is 13.3. The van der Waals surface area contributed by atoms with Crippen LogP contribution in [0.15, 0.2) is 27.4 Å². The SMILES string of the molecule is COc1nn(-c2ccc(C3CCC4CCC43)cc2OC)c(=O)o1. The molecule has 1 aromatic carbocycles. The number of aromatic nitrogens is 2. The van der Waals surface area contributed by atoms with E-state index in [1.165, 1.54) is 43.0 Å². The van der Waals surface area contributed by atoms with Gasteiger partial charge in [-0.05, 0) is 61.1 Å². The topological polar surface area (TPSA) is 66.5 Å². The molecular weight excluding hydrogens is 296 g/mol. The van der Waals surface area contributed by atoms with Crippen LogP contribution in [0.3, 0.4) is 0 Å². The molecule has 2 fully saturated rings. The molecule has 4 rings (SSSR count). The standard InChI is InChI=1S/C17H20N2O4/c1-21-15-9-11(13-7-4-10-3-6-12(10)13)5-8-14(15)19-17(20)23-16(18-19)22-2/h5,8-10,12-13H,3-4,6-7H2,1-2H3. The maximum absolute atomic E-state index is 11.9. The second kappa shape index (κ2) is 5.44. The summed E-state index contributed by atoms with van der Waals surface area (Å²) >= 11 is 0. The Hall–Kier alpha value is -2.24. The largest absolute Gasteiger partial charge is 0.494 e. The van der Waals surface area contributed by atoms with Crippen LogP contribution in [0.25, 0.3) is 5.69 Å². The molecule has 3 unspecified atom stereocenters. The molecule has 2 saturated carbocycles. The van der Waals surface area contributed by atoms with Crippen LogP contribution in [-0.2, 0) is 0 Å². The van der Waals surface area contributed by atoms with E-state index in [9.17, 15) is 4.79 Å². The van der Waals surface area contributed by atoms with Crippen molar-refractivity contribution in [2.75, 3.05) is 14.2 Å². The second-order valence-electron chi connectivity index (χ2n) is 6.37. The summed E-state index contributed by atoms with van der Waals surface area (Å²) in [4.78, 5) is 11.9. The zero-order valence-corrected chi connectivity index (χ0v) is 13.3. The van der Waals surface area contributed by atoms with Crippen molar-refractivity contribution in [3.8, 4) is 17.5 Å². The van der Waals surface area contributed by atoms with Gasteiger partial charge in [0.1, 0.15) is 11.4 Å². The third kappa shape index (κ3) is 2.24. The summed E-state index contributed by atoms with van der Waals surface area (Å²) in [7, 11) is 3.01. The van der Waals surface area contributed by atoms with Gasteiger partial charge in [0.25, 0.3) is 0 Å². The number of methoxy groups -OCH3 is 2. The second-order valence-corrected chi connectivity index (χ2v) is 6.37. The van der Waals surface area contributed by atoms with Crippen molar-refractivity contribution in [2.24, 2.45) is 11.8 Å².